The summed E-state index contributed by atoms with van der Waals surface area (Å²) in [4.78, 5) is 14.1. The van der Waals surface area contributed by atoms with Gasteiger partial charge in [0, 0.05) is 19.2 Å². The predicted octanol–water partition coefficient (Wildman–Crippen LogP) is 1.94. The smallest absolute Gasteiger partial charge is 0.263 e. The molecule has 5 nitrogen and oxygen atoms in total. The topological polar surface area (TPSA) is 73.6 Å². The Hall–Kier alpha value is -2.06. The van der Waals surface area contributed by atoms with Gasteiger partial charge in [0.2, 0.25) is 0 Å². The minimum Gasteiger partial charge on any atom is -0.481 e. The van der Waals surface area contributed by atoms with Gasteiger partial charge in [-0.05, 0) is 51.5 Å². The fourth-order valence-corrected chi connectivity index (χ4v) is 1.96. The van der Waals surface area contributed by atoms with Crippen molar-refractivity contribution in [3.05, 3.63) is 29.8 Å². The highest BCUT2D eigenvalue weighted by molar-refractivity contribution is 5.81. The number of carbonyl (C=O) groups excluding carboxylic acids is 1. The van der Waals surface area contributed by atoms with E-state index in [0.717, 1.165) is 0 Å². The second-order valence-corrected chi connectivity index (χ2v) is 5.10. The van der Waals surface area contributed by atoms with E-state index in [1.165, 1.54) is 0 Å². The fraction of sp³-hybridized carbons (Fsp3) is 0.500. The Morgan fingerprint density at radius 1 is 1.33 bits per heavy atom. The van der Waals surface area contributed by atoms with Crippen LogP contribution in [-0.4, -0.2) is 41.2 Å². The number of carbonyl (C=O) groups is 1. The molecule has 1 amide bonds. The monoisotopic (exact) mass is 290 g/mol. The molecule has 0 aliphatic rings. The maximum absolute atomic E-state index is 12.4. The van der Waals surface area contributed by atoms with Crippen molar-refractivity contribution in [2.75, 3.05) is 13.2 Å². The largest absolute Gasteiger partial charge is 0.481 e. The summed E-state index contributed by atoms with van der Waals surface area (Å²) < 4.78 is 5.62. The zero-order valence-electron chi connectivity index (χ0n) is 12.7. The van der Waals surface area contributed by atoms with Crippen LogP contribution in [0.4, 0.5) is 0 Å². The summed E-state index contributed by atoms with van der Waals surface area (Å²) in [6.45, 7) is 6.14. The molecule has 0 aromatic heterocycles. The normalized spacial score (nSPS) is 11.8. The number of amides is 1. The first-order valence-electron chi connectivity index (χ1n) is 7.07. The molecule has 1 atom stereocenters. The van der Waals surface area contributed by atoms with Crippen molar-refractivity contribution < 1.29 is 14.6 Å². The average molecular weight is 290 g/mol. The second kappa shape index (κ2) is 8.28. The third kappa shape index (κ3) is 5.09. The quantitative estimate of drug-likeness (QED) is 0.833. The molecule has 1 unspecified atom stereocenters. The SMILES string of the molecule is CC(Oc1ccc(C#N)cc1)C(=O)N(CCCO)C(C)C. The molecule has 0 radical (unpaired) electrons. The Balaban J connectivity index is 2.69. The number of benzene rings is 1. The number of nitriles is 1. The molecule has 1 aromatic rings. The van der Waals surface area contributed by atoms with Crippen LogP contribution in [0.15, 0.2) is 24.3 Å². The van der Waals surface area contributed by atoms with E-state index in [0.29, 0.717) is 24.3 Å². The molecule has 1 aromatic carbocycles. The van der Waals surface area contributed by atoms with Crippen LogP contribution in [0.1, 0.15) is 32.8 Å². The number of aliphatic hydroxyl groups is 1. The van der Waals surface area contributed by atoms with Crippen molar-refractivity contribution in [3.63, 3.8) is 0 Å². The highest BCUT2D eigenvalue weighted by atomic mass is 16.5. The van der Waals surface area contributed by atoms with E-state index in [1.54, 1.807) is 36.1 Å². The second-order valence-electron chi connectivity index (χ2n) is 5.10. The van der Waals surface area contributed by atoms with Gasteiger partial charge in [-0.1, -0.05) is 0 Å². The maximum atomic E-state index is 12.4. The van der Waals surface area contributed by atoms with Crippen LogP contribution >= 0.6 is 0 Å². The highest BCUT2D eigenvalue weighted by Crippen LogP contribution is 2.15. The van der Waals surface area contributed by atoms with E-state index >= 15 is 0 Å². The van der Waals surface area contributed by atoms with Gasteiger partial charge in [0.1, 0.15) is 5.75 Å². The molecule has 1 N–H and O–H groups in total. The molecule has 0 bridgehead atoms. The summed E-state index contributed by atoms with van der Waals surface area (Å²) in [5.41, 5.74) is 0.549. The van der Waals surface area contributed by atoms with Crippen LogP contribution in [0.5, 0.6) is 5.75 Å². The van der Waals surface area contributed by atoms with Crippen LogP contribution < -0.4 is 4.74 Å². The molecule has 114 valence electrons. The van der Waals surface area contributed by atoms with Gasteiger partial charge in [-0.3, -0.25) is 4.79 Å². The summed E-state index contributed by atoms with van der Waals surface area (Å²) in [6, 6.07) is 8.74. The van der Waals surface area contributed by atoms with Gasteiger partial charge < -0.3 is 14.7 Å². The molecule has 0 saturated carbocycles. The van der Waals surface area contributed by atoms with Gasteiger partial charge in [0.05, 0.1) is 11.6 Å². The van der Waals surface area contributed by atoms with Crippen LogP contribution in [0.3, 0.4) is 0 Å². The summed E-state index contributed by atoms with van der Waals surface area (Å²) >= 11 is 0. The average Bonchev–Trinajstić information content (AvgIpc) is 2.47. The van der Waals surface area contributed by atoms with Gasteiger partial charge in [0.15, 0.2) is 6.10 Å². The van der Waals surface area contributed by atoms with Gasteiger partial charge in [-0.2, -0.15) is 5.26 Å². The Kier molecular flexibility index (Phi) is 6.70. The minimum atomic E-state index is -0.612. The van der Waals surface area contributed by atoms with E-state index in [-0.39, 0.29) is 18.6 Å². The molecule has 0 saturated heterocycles. The maximum Gasteiger partial charge on any atom is 0.263 e. The Morgan fingerprint density at radius 2 is 1.95 bits per heavy atom. The summed E-state index contributed by atoms with van der Waals surface area (Å²) in [5, 5.41) is 17.6. The van der Waals surface area contributed by atoms with Gasteiger partial charge >= 0.3 is 0 Å². The lowest BCUT2D eigenvalue weighted by Gasteiger charge is -2.29. The fourth-order valence-electron chi connectivity index (χ4n) is 1.96. The highest BCUT2D eigenvalue weighted by Gasteiger charge is 2.23. The lowest BCUT2D eigenvalue weighted by Crippen LogP contribution is -2.45. The number of aliphatic hydroxyl groups excluding tert-OH is 1. The summed E-state index contributed by atoms with van der Waals surface area (Å²) in [7, 11) is 0. The zero-order chi connectivity index (χ0) is 15.8. The van der Waals surface area contributed by atoms with E-state index in [2.05, 4.69) is 0 Å². The third-order valence-electron chi connectivity index (χ3n) is 3.11. The van der Waals surface area contributed by atoms with Crippen molar-refractivity contribution >= 4 is 5.91 Å². The van der Waals surface area contributed by atoms with Crippen molar-refractivity contribution in [2.24, 2.45) is 0 Å². The first kappa shape index (κ1) is 17.0. The Labute approximate surface area is 125 Å². The molecule has 1 rings (SSSR count). The molecule has 0 heterocycles. The molecular weight excluding hydrogens is 268 g/mol. The third-order valence-corrected chi connectivity index (χ3v) is 3.11. The lowest BCUT2D eigenvalue weighted by atomic mass is 10.2. The van der Waals surface area contributed by atoms with Crippen LogP contribution in [-0.2, 0) is 4.79 Å². The Morgan fingerprint density at radius 3 is 2.43 bits per heavy atom. The first-order chi connectivity index (χ1) is 9.99. The molecule has 0 aliphatic heterocycles. The van der Waals surface area contributed by atoms with Crippen LogP contribution in [0.25, 0.3) is 0 Å². The molecule has 21 heavy (non-hydrogen) atoms. The molecular formula is C16H22N2O3. The number of hydrogen-bond acceptors (Lipinski definition) is 4. The number of hydrogen-bond donors (Lipinski definition) is 1. The van der Waals surface area contributed by atoms with E-state index in [1.807, 2.05) is 19.9 Å². The van der Waals surface area contributed by atoms with E-state index < -0.39 is 6.10 Å². The van der Waals surface area contributed by atoms with Gasteiger partial charge in [-0.25, -0.2) is 0 Å². The molecule has 5 heteroatoms. The molecule has 0 spiro atoms. The predicted molar refractivity (Wildman–Crippen MR) is 79.8 cm³/mol. The first-order valence-corrected chi connectivity index (χ1v) is 7.07. The lowest BCUT2D eigenvalue weighted by molar-refractivity contribution is -0.139. The van der Waals surface area contributed by atoms with E-state index in [9.17, 15) is 4.79 Å². The summed E-state index contributed by atoms with van der Waals surface area (Å²) in [5.74, 6) is 0.448. The molecule has 0 aliphatic carbocycles. The zero-order valence-corrected chi connectivity index (χ0v) is 12.7. The number of rotatable bonds is 7. The number of ether oxygens (including phenoxy) is 1. The van der Waals surface area contributed by atoms with Crippen molar-refractivity contribution in [2.45, 2.75) is 39.3 Å². The van der Waals surface area contributed by atoms with Crippen LogP contribution in [0, 0.1) is 11.3 Å². The van der Waals surface area contributed by atoms with Crippen molar-refractivity contribution in [1.82, 2.24) is 4.90 Å². The summed E-state index contributed by atoms with van der Waals surface area (Å²) in [6.07, 6.45) is -0.0629. The molecule has 0 fully saturated rings. The minimum absolute atomic E-state index is 0.0519. The standard InChI is InChI=1S/C16H22N2O3/c1-12(2)18(9-4-10-19)16(20)13(3)21-15-7-5-14(11-17)6-8-15/h5-8,12-13,19H,4,9-10H2,1-3H3. The van der Waals surface area contributed by atoms with Crippen molar-refractivity contribution in [3.8, 4) is 11.8 Å². The van der Waals surface area contributed by atoms with Gasteiger partial charge in [-0.15, -0.1) is 0 Å². The van der Waals surface area contributed by atoms with E-state index in [4.69, 9.17) is 15.1 Å². The van der Waals surface area contributed by atoms with Gasteiger partial charge in [0.25, 0.3) is 5.91 Å². The Bertz CT molecular complexity index is 491. The number of nitrogens with zero attached hydrogens (tertiary/aromatic N) is 2. The van der Waals surface area contributed by atoms with Crippen LogP contribution in [0.2, 0.25) is 0 Å². The van der Waals surface area contributed by atoms with Crippen molar-refractivity contribution in [1.29, 1.82) is 5.26 Å².